The summed E-state index contributed by atoms with van der Waals surface area (Å²) in [7, 11) is 0. The fourth-order valence-corrected chi connectivity index (χ4v) is 2.84. The highest BCUT2D eigenvalue weighted by molar-refractivity contribution is 5.78. The minimum absolute atomic E-state index is 0.0946. The lowest BCUT2D eigenvalue weighted by Gasteiger charge is -2.24. The van der Waals surface area contributed by atoms with E-state index in [-0.39, 0.29) is 17.4 Å². The smallest absolute Gasteiger partial charge is 0.246 e. The molecule has 2 rings (SSSR count). The van der Waals surface area contributed by atoms with Crippen molar-refractivity contribution in [3.63, 3.8) is 0 Å². The molecule has 2 saturated carbocycles. The van der Waals surface area contributed by atoms with E-state index in [9.17, 15) is 4.79 Å². The van der Waals surface area contributed by atoms with Crippen LogP contribution in [0.3, 0.4) is 0 Å². The maximum absolute atomic E-state index is 11.8. The summed E-state index contributed by atoms with van der Waals surface area (Å²) in [6.45, 7) is 5.82. The average molecular weight is 211 g/mol. The molecule has 3 heteroatoms. The summed E-state index contributed by atoms with van der Waals surface area (Å²) in [6, 6.07) is 0. The molecule has 2 aliphatic carbocycles. The Hall–Kier alpha value is -0.570. The molecule has 2 fully saturated rings. The third-order valence-corrected chi connectivity index (χ3v) is 3.53. The quantitative estimate of drug-likeness (QED) is 0.711. The van der Waals surface area contributed by atoms with Gasteiger partial charge in [0.05, 0.1) is 5.60 Å². The first-order valence-electron chi connectivity index (χ1n) is 5.93. The fraction of sp³-hybridized carbons (Fsp3) is 0.917. The van der Waals surface area contributed by atoms with Gasteiger partial charge in [-0.15, -0.1) is 0 Å². The highest BCUT2D eigenvalue weighted by atomic mass is 16.7. The second kappa shape index (κ2) is 3.78. The van der Waals surface area contributed by atoms with Crippen molar-refractivity contribution in [1.29, 1.82) is 0 Å². The molecule has 0 radical (unpaired) electrons. The van der Waals surface area contributed by atoms with Gasteiger partial charge in [-0.2, -0.15) is 0 Å². The van der Waals surface area contributed by atoms with E-state index in [2.05, 4.69) is 5.48 Å². The number of nitrogens with one attached hydrogen (secondary N) is 1. The first-order valence-corrected chi connectivity index (χ1v) is 5.93. The Morgan fingerprint density at radius 1 is 1.27 bits per heavy atom. The Bertz CT molecular complexity index is 257. The minimum atomic E-state index is -0.298. The van der Waals surface area contributed by atoms with Crippen molar-refractivity contribution in [2.45, 2.75) is 52.1 Å². The van der Waals surface area contributed by atoms with E-state index in [0.29, 0.717) is 5.92 Å². The van der Waals surface area contributed by atoms with Gasteiger partial charge in [0.1, 0.15) is 0 Å². The number of fused-ring (bicyclic) bond motifs is 2. The molecule has 2 aliphatic rings. The molecular weight excluding hydrogens is 190 g/mol. The van der Waals surface area contributed by atoms with Gasteiger partial charge in [0.15, 0.2) is 0 Å². The summed E-state index contributed by atoms with van der Waals surface area (Å²) < 4.78 is 0. The standard InChI is InChI=1S/C12H21NO2/c1-12(2,3)15-13-11(14)10-7-8-4-5-9(10)6-8/h8-10H,4-7H2,1-3H3,(H,13,14). The monoisotopic (exact) mass is 211 g/mol. The van der Waals surface area contributed by atoms with Crippen LogP contribution in [0.1, 0.15) is 46.5 Å². The Morgan fingerprint density at radius 3 is 2.47 bits per heavy atom. The molecule has 0 aromatic heterocycles. The summed E-state index contributed by atoms with van der Waals surface area (Å²) in [5.41, 5.74) is 2.31. The zero-order valence-electron chi connectivity index (χ0n) is 9.88. The van der Waals surface area contributed by atoms with Gasteiger partial charge in [-0.1, -0.05) is 6.42 Å². The lowest BCUT2D eigenvalue weighted by molar-refractivity contribution is -0.151. The van der Waals surface area contributed by atoms with Gasteiger partial charge in [-0.05, 0) is 51.9 Å². The molecule has 3 unspecified atom stereocenters. The largest absolute Gasteiger partial charge is 0.272 e. The summed E-state index contributed by atoms with van der Waals surface area (Å²) >= 11 is 0. The van der Waals surface area contributed by atoms with Gasteiger partial charge in [0.2, 0.25) is 5.91 Å². The highest BCUT2D eigenvalue weighted by Gasteiger charge is 2.43. The molecule has 2 bridgehead atoms. The topological polar surface area (TPSA) is 38.3 Å². The molecule has 0 aromatic rings. The molecule has 0 saturated heterocycles. The Kier molecular flexibility index (Phi) is 2.75. The van der Waals surface area contributed by atoms with Crippen molar-refractivity contribution in [3.05, 3.63) is 0 Å². The maximum Gasteiger partial charge on any atom is 0.246 e. The van der Waals surface area contributed by atoms with Crippen molar-refractivity contribution in [2.75, 3.05) is 0 Å². The summed E-state index contributed by atoms with van der Waals surface area (Å²) in [5, 5.41) is 0. The number of amides is 1. The van der Waals surface area contributed by atoms with Crippen LogP contribution < -0.4 is 5.48 Å². The van der Waals surface area contributed by atoms with Crippen LogP contribution in [0.4, 0.5) is 0 Å². The Labute approximate surface area is 91.5 Å². The molecule has 86 valence electrons. The number of carbonyl (C=O) groups excluding carboxylic acids is 1. The van der Waals surface area contributed by atoms with E-state index in [1.54, 1.807) is 0 Å². The summed E-state index contributed by atoms with van der Waals surface area (Å²) in [5.74, 6) is 1.74. The Balaban J connectivity index is 1.82. The van der Waals surface area contributed by atoms with Gasteiger partial charge in [0.25, 0.3) is 0 Å². The molecular formula is C12H21NO2. The lowest BCUT2D eigenvalue weighted by atomic mass is 9.88. The number of hydrogen-bond acceptors (Lipinski definition) is 2. The second-order valence-electron chi connectivity index (χ2n) is 5.96. The van der Waals surface area contributed by atoms with Crippen LogP contribution in [-0.4, -0.2) is 11.5 Å². The maximum atomic E-state index is 11.8. The van der Waals surface area contributed by atoms with E-state index < -0.39 is 0 Å². The predicted molar refractivity (Wildman–Crippen MR) is 57.9 cm³/mol. The first kappa shape index (κ1) is 10.9. The van der Waals surface area contributed by atoms with Crippen molar-refractivity contribution in [2.24, 2.45) is 17.8 Å². The first-order chi connectivity index (χ1) is 6.96. The van der Waals surface area contributed by atoms with Gasteiger partial charge < -0.3 is 0 Å². The second-order valence-corrected chi connectivity index (χ2v) is 5.96. The van der Waals surface area contributed by atoms with Crippen molar-refractivity contribution >= 4 is 5.91 Å². The van der Waals surface area contributed by atoms with Gasteiger partial charge >= 0.3 is 0 Å². The van der Waals surface area contributed by atoms with Crippen molar-refractivity contribution in [1.82, 2.24) is 5.48 Å². The van der Waals surface area contributed by atoms with Crippen LogP contribution in [0.5, 0.6) is 0 Å². The van der Waals surface area contributed by atoms with E-state index in [0.717, 1.165) is 12.3 Å². The fourth-order valence-electron chi connectivity index (χ4n) is 2.84. The molecule has 1 N–H and O–H groups in total. The van der Waals surface area contributed by atoms with Crippen LogP contribution >= 0.6 is 0 Å². The molecule has 1 amide bonds. The SMILES string of the molecule is CC(C)(C)ONC(=O)C1CC2CCC1C2. The van der Waals surface area contributed by atoms with Gasteiger partial charge in [0, 0.05) is 5.92 Å². The van der Waals surface area contributed by atoms with E-state index in [1.807, 2.05) is 20.8 Å². The zero-order chi connectivity index (χ0) is 11.1. The molecule has 0 spiro atoms. The summed E-state index contributed by atoms with van der Waals surface area (Å²) in [6.07, 6.45) is 4.89. The van der Waals surface area contributed by atoms with E-state index in [1.165, 1.54) is 19.3 Å². The van der Waals surface area contributed by atoms with E-state index in [4.69, 9.17) is 4.84 Å². The number of rotatable bonds is 2. The highest BCUT2D eigenvalue weighted by Crippen LogP contribution is 2.48. The van der Waals surface area contributed by atoms with Crippen LogP contribution in [0.2, 0.25) is 0 Å². The molecule has 0 aliphatic heterocycles. The van der Waals surface area contributed by atoms with Crippen molar-refractivity contribution < 1.29 is 9.63 Å². The van der Waals surface area contributed by atoms with Gasteiger partial charge in [-0.25, -0.2) is 5.48 Å². The molecule has 0 heterocycles. The van der Waals surface area contributed by atoms with Crippen LogP contribution in [0.15, 0.2) is 0 Å². The third kappa shape index (κ3) is 2.51. The van der Waals surface area contributed by atoms with Crippen LogP contribution in [0, 0.1) is 17.8 Å². The molecule has 3 nitrogen and oxygen atoms in total. The van der Waals surface area contributed by atoms with E-state index >= 15 is 0 Å². The van der Waals surface area contributed by atoms with Crippen LogP contribution in [0.25, 0.3) is 0 Å². The van der Waals surface area contributed by atoms with Gasteiger partial charge in [-0.3, -0.25) is 9.63 Å². The summed E-state index contributed by atoms with van der Waals surface area (Å²) in [4.78, 5) is 17.2. The number of hydroxylamine groups is 1. The van der Waals surface area contributed by atoms with Crippen LogP contribution in [-0.2, 0) is 9.63 Å². The molecule has 0 aromatic carbocycles. The zero-order valence-corrected chi connectivity index (χ0v) is 9.88. The Morgan fingerprint density at radius 2 is 2.00 bits per heavy atom. The van der Waals surface area contributed by atoms with Crippen molar-refractivity contribution in [3.8, 4) is 0 Å². The predicted octanol–water partition coefficient (Wildman–Crippen LogP) is 2.27. The lowest BCUT2D eigenvalue weighted by Crippen LogP contribution is -2.38. The number of carbonyl (C=O) groups is 1. The molecule has 3 atom stereocenters. The molecule has 15 heavy (non-hydrogen) atoms. The number of hydrogen-bond donors (Lipinski definition) is 1. The third-order valence-electron chi connectivity index (χ3n) is 3.53. The normalized spacial score (nSPS) is 34.5. The minimum Gasteiger partial charge on any atom is -0.272 e. The average Bonchev–Trinajstić information content (AvgIpc) is 2.73.